The molecule has 1 amide bonds. The number of anilines is 1. The highest BCUT2D eigenvalue weighted by molar-refractivity contribution is 6.22. The number of aliphatic imine (C=N–C) groups is 1. The van der Waals surface area contributed by atoms with Crippen molar-refractivity contribution < 1.29 is 9.21 Å². The largest absolute Gasteiger partial charge is 0.452 e. The molecule has 4 rings (SSSR count). The van der Waals surface area contributed by atoms with Crippen molar-refractivity contribution in [2.45, 2.75) is 0 Å². The predicted molar refractivity (Wildman–Crippen MR) is 86.6 cm³/mol. The van der Waals surface area contributed by atoms with E-state index in [0.717, 1.165) is 27.9 Å². The van der Waals surface area contributed by atoms with E-state index in [1.54, 1.807) is 11.9 Å². The maximum Gasteiger partial charge on any atom is 0.248 e. The van der Waals surface area contributed by atoms with Gasteiger partial charge in [0.05, 0.1) is 5.69 Å². The molecule has 0 saturated heterocycles. The quantitative estimate of drug-likeness (QED) is 0.690. The third kappa shape index (κ3) is 1.84. The van der Waals surface area contributed by atoms with Crippen molar-refractivity contribution in [3.8, 4) is 0 Å². The first-order valence-corrected chi connectivity index (χ1v) is 7.14. The summed E-state index contributed by atoms with van der Waals surface area (Å²) in [5, 5.41) is 0.930. The van der Waals surface area contributed by atoms with Gasteiger partial charge in [-0.25, -0.2) is 0 Å². The molecule has 0 saturated carbocycles. The van der Waals surface area contributed by atoms with Crippen LogP contribution in [0, 0.1) is 0 Å². The van der Waals surface area contributed by atoms with Crippen molar-refractivity contribution in [3.05, 3.63) is 65.9 Å². The molecule has 1 aliphatic heterocycles. The lowest BCUT2D eigenvalue weighted by Gasteiger charge is -2.14. The fraction of sp³-hybridized carbons (Fsp3) is 0.111. The number of likely N-dealkylation sites (N-methyl/N-ethyl adjacent to an activating group) is 1. The topological polar surface area (TPSA) is 45.8 Å². The summed E-state index contributed by atoms with van der Waals surface area (Å²) in [6.07, 6.45) is 0. The average Bonchev–Trinajstić information content (AvgIpc) is 2.89. The Kier molecular flexibility index (Phi) is 2.82. The Morgan fingerprint density at radius 3 is 2.59 bits per heavy atom. The molecular formula is C18H14N2O2. The summed E-state index contributed by atoms with van der Waals surface area (Å²) >= 11 is 0. The van der Waals surface area contributed by atoms with E-state index in [-0.39, 0.29) is 12.5 Å². The number of amides is 1. The van der Waals surface area contributed by atoms with Crippen molar-refractivity contribution in [1.29, 1.82) is 0 Å². The predicted octanol–water partition coefficient (Wildman–Crippen LogP) is 3.25. The molecule has 3 aromatic rings. The summed E-state index contributed by atoms with van der Waals surface area (Å²) in [7, 11) is 1.77. The smallest absolute Gasteiger partial charge is 0.248 e. The lowest BCUT2D eigenvalue weighted by atomic mass is 10.1. The van der Waals surface area contributed by atoms with Gasteiger partial charge < -0.3 is 9.32 Å². The fourth-order valence-electron chi connectivity index (χ4n) is 2.79. The summed E-state index contributed by atoms with van der Waals surface area (Å²) in [5.74, 6) is 0.611. The maximum absolute atomic E-state index is 12.3. The van der Waals surface area contributed by atoms with E-state index < -0.39 is 0 Å². The van der Waals surface area contributed by atoms with Gasteiger partial charge in [0.2, 0.25) is 5.91 Å². The zero-order valence-corrected chi connectivity index (χ0v) is 12.1. The highest BCUT2D eigenvalue weighted by Gasteiger charge is 2.28. The molecule has 22 heavy (non-hydrogen) atoms. The molecule has 1 aliphatic rings. The first-order valence-electron chi connectivity index (χ1n) is 7.14. The summed E-state index contributed by atoms with van der Waals surface area (Å²) in [6, 6.07) is 17.6. The summed E-state index contributed by atoms with van der Waals surface area (Å²) in [4.78, 5) is 18.4. The van der Waals surface area contributed by atoms with Crippen molar-refractivity contribution in [2.24, 2.45) is 4.99 Å². The molecule has 0 N–H and O–H groups in total. The van der Waals surface area contributed by atoms with Crippen LogP contribution in [-0.2, 0) is 4.79 Å². The third-order valence-electron chi connectivity index (χ3n) is 3.91. The van der Waals surface area contributed by atoms with Gasteiger partial charge in [0.15, 0.2) is 5.76 Å². The molecule has 0 atom stereocenters. The van der Waals surface area contributed by atoms with E-state index in [9.17, 15) is 4.79 Å². The molecule has 0 aliphatic carbocycles. The number of carbonyl (C=O) groups excluding carboxylic acids is 1. The fourth-order valence-corrected chi connectivity index (χ4v) is 2.79. The first kappa shape index (κ1) is 12.8. The Hall–Kier alpha value is -2.88. The Morgan fingerprint density at radius 2 is 1.77 bits per heavy atom. The molecule has 0 radical (unpaired) electrons. The molecule has 0 unspecified atom stereocenters. The van der Waals surface area contributed by atoms with Crippen molar-refractivity contribution >= 4 is 28.3 Å². The van der Waals surface area contributed by atoms with Crippen LogP contribution in [0.25, 0.3) is 11.0 Å². The second kappa shape index (κ2) is 4.84. The number of furan rings is 1. The first-order chi connectivity index (χ1) is 10.8. The van der Waals surface area contributed by atoms with Crippen LogP contribution in [0.2, 0.25) is 0 Å². The van der Waals surface area contributed by atoms with Crippen molar-refractivity contribution in [1.82, 2.24) is 0 Å². The van der Waals surface area contributed by atoms with Gasteiger partial charge in [-0.2, -0.15) is 0 Å². The molecule has 1 aromatic heterocycles. The Morgan fingerprint density at radius 1 is 1.05 bits per heavy atom. The highest BCUT2D eigenvalue weighted by Crippen LogP contribution is 2.36. The van der Waals surface area contributed by atoms with Gasteiger partial charge in [0, 0.05) is 18.0 Å². The van der Waals surface area contributed by atoms with E-state index in [4.69, 9.17) is 4.42 Å². The van der Waals surface area contributed by atoms with Gasteiger partial charge in [-0.15, -0.1) is 0 Å². The number of carbonyl (C=O) groups is 1. The highest BCUT2D eigenvalue weighted by atomic mass is 16.3. The number of hydrogen-bond acceptors (Lipinski definition) is 3. The monoisotopic (exact) mass is 290 g/mol. The van der Waals surface area contributed by atoms with Crippen LogP contribution in [0.3, 0.4) is 0 Å². The van der Waals surface area contributed by atoms with Crippen LogP contribution >= 0.6 is 0 Å². The van der Waals surface area contributed by atoms with Crippen LogP contribution in [0.5, 0.6) is 0 Å². The van der Waals surface area contributed by atoms with Gasteiger partial charge in [0.25, 0.3) is 0 Å². The lowest BCUT2D eigenvalue weighted by Crippen LogP contribution is -2.27. The van der Waals surface area contributed by atoms with Crippen LogP contribution in [0.4, 0.5) is 5.69 Å². The Bertz CT molecular complexity index is 894. The molecule has 2 heterocycles. The Balaban J connectivity index is 2.03. The number of para-hydroxylation sites is 1. The number of rotatable bonds is 1. The second-order valence-electron chi connectivity index (χ2n) is 5.26. The summed E-state index contributed by atoms with van der Waals surface area (Å²) < 4.78 is 6.03. The average molecular weight is 290 g/mol. The van der Waals surface area contributed by atoms with Crippen LogP contribution in [0.15, 0.2) is 64.0 Å². The van der Waals surface area contributed by atoms with E-state index in [1.165, 1.54) is 0 Å². The zero-order chi connectivity index (χ0) is 15.1. The second-order valence-corrected chi connectivity index (χ2v) is 5.26. The zero-order valence-electron chi connectivity index (χ0n) is 12.1. The number of nitrogens with zero attached hydrogens (tertiary/aromatic N) is 2. The molecule has 2 aromatic carbocycles. The number of fused-ring (bicyclic) bond motifs is 3. The van der Waals surface area contributed by atoms with Crippen LogP contribution in [0.1, 0.15) is 11.3 Å². The molecule has 108 valence electrons. The van der Waals surface area contributed by atoms with E-state index in [2.05, 4.69) is 4.99 Å². The van der Waals surface area contributed by atoms with Crippen LogP contribution in [-0.4, -0.2) is 25.2 Å². The normalized spacial score (nSPS) is 14.7. The number of benzene rings is 2. The van der Waals surface area contributed by atoms with E-state index in [0.29, 0.717) is 5.76 Å². The molecule has 4 heteroatoms. The van der Waals surface area contributed by atoms with Gasteiger partial charge in [0.1, 0.15) is 17.8 Å². The summed E-state index contributed by atoms with van der Waals surface area (Å²) in [6.45, 7) is 0.124. The minimum absolute atomic E-state index is 0.0428. The molecule has 0 fully saturated rings. The van der Waals surface area contributed by atoms with Gasteiger partial charge >= 0.3 is 0 Å². The molecule has 0 bridgehead atoms. The summed E-state index contributed by atoms with van der Waals surface area (Å²) in [5.41, 5.74) is 3.23. The van der Waals surface area contributed by atoms with Crippen molar-refractivity contribution in [2.75, 3.05) is 18.5 Å². The minimum Gasteiger partial charge on any atom is -0.452 e. The van der Waals surface area contributed by atoms with Gasteiger partial charge in [-0.05, 0) is 12.1 Å². The van der Waals surface area contributed by atoms with E-state index in [1.807, 2.05) is 54.6 Å². The number of hydrogen-bond donors (Lipinski definition) is 0. The van der Waals surface area contributed by atoms with E-state index >= 15 is 0 Å². The SMILES string of the molecule is CN1C(=O)CN=C(c2ccccc2)c2oc3ccccc3c21. The Labute approximate surface area is 127 Å². The minimum atomic E-state index is -0.0428. The standard InChI is InChI=1S/C18H14N2O2/c1-20-15(21)11-19-16(12-7-3-2-4-8-12)18-17(20)13-9-5-6-10-14(13)22-18/h2-10H,11H2,1H3. The molecule has 0 spiro atoms. The molecule has 4 nitrogen and oxygen atoms in total. The van der Waals surface area contributed by atoms with Crippen molar-refractivity contribution in [3.63, 3.8) is 0 Å². The van der Waals surface area contributed by atoms with Crippen LogP contribution < -0.4 is 4.90 Å². The van der Waals surface area contributed by atoms with Gasteiger partial charge in [-0.1, -0.05) is 42.5 Å². The third-order valence-corrected chi connectivity index (χ3v) is 3.91. The maximum atomic E-state index is 12.3. The van der Waals surface area contributed by atoms with Gasteiger partial charge in [-0.3, -0.25) is 9.79 Å². The molecular weight excluding hydrogens is 276 g/mol. The lowest BCUT2D eigenvalue weighted by molar-refractivity contribution is -0.116.